The van der Waals surface area contributed by atoms with Crippen molar-refractivity contribution in [3.05, 3.63) is 69.2 Å². The molecule has 0 atom stereocenters. The molecule has 1 N–H and O–H groups in total. The molecule has 0 amide bonds. The number of hydrogen-bond acceptors (Lipinski definition) is 1. The fraction of sp³-hybridized carbons (Fsp3) is 0.0625. The quantitative estimate of drug-likeness (QED) is 0.645. The molecule has 0 saturated heterocycles. The van der Waals surface area contributed by atoms with E-state index >= 15 is 0 Å². The predicted octanol–water partition coefficient (Wildman–Crippen LogP) is 4.93. The highest BCUT2D eigenvalue weighted by molar-refractivity contribution is 6.38. The molecule has 0 aliphatic carbocycles. The van der Waals surface area contributed by atoms with E-state index in [0.717, 1.165) is 5.56 Å². The van der Waals surface area contributed by atoms with E-state index in [-0.39, 0.29) is 5.57 Å². The van der Waals surface area contributed by atoms with Crippen LogP contribution in [0.25, 0.3) is 11.6 Å². The summed E-state index contributed by atoms with van der Waals surface area (Å²) >= 11 is 12.1. The number of aryl methyl sites for hydroxylation is 1. The van der Waals surface area contributed by atoms with Gasteiger partial charge in [-0.25, -0.2) is 4.79 Å². The molecule has 0 radical (unpaired) electrons. The van der Waals surface area contributed by atoms with Crippen molar-refractivity contribution in [2.24, 2.45) is 0 Å². The molecule has 2 aromatic rings. The molecule has 20 heavy (non-hydrogen) atoms. The van der Waals surface area contributed by atoms with Gasteiger partial charge in [-0.2, -0.15) is 0 Å². The Hall–Kier alpha value is -1.77. The molecule has 0 aliphatic rings. The zero-order valence-electron chi connectivity index (χ0n) is 10.7. The summed E-state index contributed by atoms with van der Waals surface area (Å²) in [6, 6.07) is 12.3. The van der Waals surface area contributed by atoms with Gasteiger partial charge >= 0.3 is 5.97 Å². The monoisotopic (exact) mass is 306 g/mol. The summed E-state index contributed by atoms with van der Waals surface area (Å²) < 4.78 is 0. The number of carboxylic acids is 1. The first-order chi connectivity index (χ1) is 9.49. The Balaban J connectivity index is 2.56. The van der Waals surface area contributed by atoms with Gasteiger partial charge in [-0.1, -0.05) is 59.1 Å². The Labute approximate surface area is 127 Å². The summed E-state index contributed by atoms with van der Waals surface area (Å²) in [5.74, 6) is -1.02. The molecule has 0 aliphatic heterocycles. The first kappa shape index (κ1) is 14.6. The molecule has 2 rings (SSSR count). The Morgan fingerprint density at radius 1 is 1.05 bits per heavy atom. The minimum atomic E-state index is -1.02. The van der Waals surface area contributed by atoms with E-state index in [4.69, 9.17) is 23.2 Å². The summed E-state index contributed by atoms with van der Waals surface area (Å²) in [6.07, 6.45) is 1.50. The molecule has 0 fully saturated rings. The average Bonchev–Trinajstić information content (AvgIpc) is 2.39. The maximum atomic E-state index is 11.5. The van der Waals surface area contributed by atoms with Gasteiger partial charge in [-0.05, 0) is 30.7 Å². The van der Waals surface area contributed by atoms with Crippen molar-refractivity contribution in [1.29, 1.82) is 0 Å². The van der Waals surface area contributed by atoms with Crippen LogP contribution in [0.3, 0.4) is 0 Å². The van der Waals surface area contributed by atoms with E-state index in [1.54, 1.807) is 30.3 Å². The molecule has 2 aromatic carbocycles. The first-order valence-electron chi connectivity index (χ1n) is 5.95. The lowest BCUT2D eigenvalue weighted by molar-refractivity contribution is -0.130. The van der Waals surface area contributed by atoms with Crippen LogP contribution in [-0.2, 0) is 4.79 Å². The van der Waals surface area contributed by atoms with Gasteiger partial charge in [0.15, 0.2) is 0 Å². The second-order valence-electron chi connectivity index (χ2n) is 4.36. The lowest BCUT2D eigenvalue weighted by Crippen LogP contribution is -2.00. The topological polar surface area (TPSA) is 37.3 Å². The third-order valence-electron chi connectivity index (χ3n) is 2.88. The number of rotatable bonds is 3. The van der Waals surface area contributed by atoms with Crippen LogP contribution in [0.4, 0.5) is 0 Å². The number of aliphatic carboxylic acids is 1. The molecule has 2 nitrogen and oxygen atoms in total. The van der Waals surface area contributed by atoms with Crippen molar-refractivity contribution < 1.29 is 9.90 Å². The largest absolute Gasteiger partial charge is 0.478 e. The van der Waals surface area contributed by atoms with Gasteiger partial charge in [0.1, 0.15) is 0 Å². The lowest BCUT2D eigenvalue weighted by Gasteiger charge is -2.06. The number of carboxylic acid groups (broad SMARTS) is 1. The summed E-state index contributed by atoms with van der Waals surface area (Å²) in [5.41, 5.74) is 2.34. The smallest absolute Gasteiger partial charge is 0.336 e. The van der Waals surface area contributed by atoms with Crippen molar-refractivity contribution in [2.75, 3.05) is 0 Å². The van der Waals surface area contributed by atoms with Crippen LogP contribution in [0.5, 0.6) is 0 Å². The Morgan fingerprint density at radius 3 is 2.10 bits per heavy atom. The number of benzene rings is 2. The highest BCUT2D eigenvalue weighted by Gasteiger charge is 2.12. The van der Waals surface area contributed by atoms with Gasteiger partial charge in [0, 0.05) is 15.6 Å². The van der Waals surface area contributed by atoms with Crippen molar-refractivity contribution >= 4 is 40.8 Å². The normalized spacial score (nSPS) is 11.4. The van der Waals surface area contributed by atoms with Gasteiger partial charge in [0.05, 0.1) is 5.57 Å². The van der Waals surface area contributed by atoms with Crippen LogP contribution in [0.2, 0.25) is 10.0 Å². The van der Waals surface area contributed by atoms with Crippen molar-refractivity contribution in [3.63, 3.8) is 0 Å². The standard InChI is InChI=1S/C16H12Cl2O2/c1-10-5-7-11(8-6-10)12(16(19)20)9-13-14(17)3-2-4-15(13)18/h2-9H,1H3,(H,19,20)/b12-9-. The van der Waals surface area contributed by atoms with Crippen LogP contribution in [-0.4, -0.2) is 11.1 Å². The highest BCUT2D eigenvalue weighted by Crippen LogP contribution is 2.29. The van der Waals surface area contributed by atoms with E-state index in [0.29, 0.717) is 21.2 Å². The Bertz CT molecular complexity index is 653. The van der Waals surface area contributed by atoms with E-state index in [1.165, 1.54) is 6.08 Å². The number of hydrogen-bond donors (Lipinski definition) is 1. The van der Waals surface area contributed by atoms with E-state index in [1.807, 2.05) is 19.1 Å². The maximum Gasteiger partial charge on any atom is 0.336 e. The van der Waals surface area contributed by atoms with Crippen LogP contribution >= 0.6 is 23.2 Å². The van der Waals surface area contributed by atoms with Crippen LogP contribution in [0.1, 0.15) is 16.7 Å². The number of carbonyl (C=O) groups is 1. The third kappa shape index (κ3) is 3.21. The van der Waals surface area contributed by atoms with Crippen LogP contribution < -0.4 is 0 Å². The Kier molecular flexibility index (Phi) is 4.48. The van der Waals surface area contributed by atoms with Crippen LogP contribution in [0, 0.1) is 6.92 Å². The molecule has 0 heterocycles. The first-order valence-corrected chi connectivity index (χ1v) is 6.70. The van der Waals surface area contributed by atoms with E-state index in [2.05, 4.69) is 0 Å². The minimum absolute atomic E-state index is 0.153. The average molecular weight is 307 g/mol. The molecule has 0 spiro atoms. The molecule has 0 saturated carbocycles. The van der Waals surface area contributed by atoms with E-state index in [9.17, 15) is 9.90 Å². The maximum absolute atomic E-state index is 11.5. The molecule has 0 unspecified atom stereocenters. The van der Waals surface area contributed by atoms with Crippen LogP contribution in [0.15, 0.2) is 42.5 Å². The van der Waals surface area contributed by atoms with Gasteiger partial charge in [0.2, 0.25) is 0 Å². The summed E-state index contributed by atoms with van der Waals surface area (Å²) in [4.78, 5) is 11.5. The second-order valence-corrected chi connectivity index (χ2v) is 5.18. The summed E-state index contributed by atoms with van der Waals surface area (Å²) in [7, 11) is 0. The predicted molar refractivity (Wildman–Crippen MR) is 83.1 cm³/mol. The summed E-state index contributed by atoms with van der Waals surface area (Å²) in [6.45, 7) is 1.94. The highest BCUT2D eigenvalue weighted by atomic mass is 35.5. The molecule has 102 valence electrons. The van der Waals surface area contributed by atoms with Crippen molar-refractivity contribution in [2.45, 2.75) is 6.92 Å². The van der Waals surface area contributed by atoms with Crippen molar-refractivity contribution in [3.8, 4) is 0 Å². The molecular weight excluding hydrogens is 295 g/mol. The third-order valence-corrected chi connectivity index (χ3v) is 3.54. The van der Waals surface area contributed by atoms with Crippen molar-refractivity contribution in [1.82, 2.24) is 0 Å². The fourth-order valence-corrected chi connectivity index (χ4v) is 2.30. The van der Waals surface area contributed by atoms with Gasteiger partial charge in [-0.3, -0.25) is 0 Å². The van der Waals surface area contributed by atoms with Gasteiger partial charge in [-0.15, -0.1) is 0 Å². The Morgan fingerprint density at radius 2 is 1.60 bits per heavy atom. The van der Waals surface area contributed by atoms with Gasteiger partial charge in [0.25, 0.3) is 0 Å². The van der Waals surface area contributed by atoms with Gasteiger partial charge < -0.3 is 5.11 Å². The molecule has 4 heteroatoms. The SMILES string of the molecule is Cc1ccc(/C(=C/c2c(Cl)cccc2Cl)C(=O)O)cc1. The van der Waals surface area contributed by atoms with E-state index < -0.39 is 5.97 Å². The minimum Gasteiger partial charge on any atom is -0.478 e. The lowest BCUT2D eigenvalue weighted by atomic mass is 10.0. The molecule has 0 bridgehead atoms. The zero-order valence-corrected chi connectivity index (χ0v) is 12.2. The fourth-order valence-electron chi connectivity index (χ4n) is 1.79. The molecule has 0 aromatic heterocycles. The zero-order chi connectivity index (χ0) is 14.7. The second kappa shape index (κ2) is 6.12. The summed E-state index contributed by atoms with van der Waals surface area (Å²) in [5, 5.41) is 10.2. The molecular formula is C16H12Cl2O2. The number of halogens is 2.